The van der Waals surface area contributed by atoms with E-state index in [4.69, 9.17) is 4.74 Å². The van der Waals surface area contributed by atoms with E-state index in [9.17, 15) is 18.8 Å². The number of nitrogens with zero attached hydrogens (tertiary/aromatic N) is 3. The first-order valence-corrected chi connectivity index (χ1v) is 14.0. The molecule has 1 aromatic carbocycles. The molecule has 0 spiro atoms. The van der Waals surface area contributed by atoms with E-state index in [0.29, 0.717) is 50.4 Å². The van der Waals surface area contributed by atoms with Gasteiger partial charge < -0.3 is 24.4 Å². The minimum absolute atomic E-state index is 0.0367. The Labute approximate surface area is 224 Å². The second-order valence-electron chi connectivity index (χ2n) is 10.7. The third kappa shape index (κ3) is 6.20. The molecule has 2 heterocycles. The van der Waals surface area contributed by atoms with Crippen molar-refractivity contribution in [3.63, 3.8) is 0 Å². The van der Waals surface area contributed by atoms with Crippen molar-refractivity contribution in [3.8, 4) is 0 Å². The van der Waals surface area contributed by atoms with Gasteiger partial charge in [-0.1, -0.05) is 33.1 Å². The van der Waals surface area contributed by atoms with Crippen LogP contribution in [0.4, 0.5) is 4.39 Å². The number of benzene rings is 1. The SMILES string of the molecule is CC[C@@H](C)C(=O)N[C@H](C(=O)N1CCN(C(=O)c2cc3cc(F)ccc3n2CCOC)CC1)C1CCCCC1. The van der Waals surface area contributed by atoms with E-state index in [0.717, 1.165) is 37.6 Å². The highest BCUT2D eigenvalue weighted by molar-refractivity contribution is 5.99. The fraction of sp³-hybridized carbons (Fsp3) is 0.621. The molecule has 8 nitrogen and oxygen atoms in total. The Bertz CT molecular complexity index is 1140. The van der Waals surface area contributed by atoms with Crippen molar-refractivity contribution in [2.45, 2.75) is 65.0 Å². The lowest BCUT2D eigenvalue weighted by molar-refractivity contribution is -0.140. The number of ether oxygens (including phenoxy) is 1. The molecule has 208 valence electrons. The van der Waals surface area contributed by atoms with Gasteiger partial charge in [-0.15, -0.1) is 0 Å². The van der Waals surface area contributed by atoms with Crippen LogP contribution in [-0.2, 0) is 20.9 Å². The summed E-state index contributed by atoms with van der Waals surface area (Å²) in [7, 11) is 1.61. The van der Waals surface area contributed by atoms with E-state index in [1.165, 1.54) is 18.6 Å². The summed E-state index contributed by atoms with van der Waals surface area (Å²) in [5.74, 6) is -0.572. The zero-order chi connectivity index (χ0) is 27.2. The van der Waals surface area contributed by atoms with Crippen molar-refractivity contribution >= 4 is 28.6 Å². The van der Waals surface area contributed by atoms with Crippen LogP contribution in [0.3, 0.4) is 0 Å². The molecule has 2 fully saturated rings. The van der Waals surface area contributed by atoms with E-state index in [1.54, 1.807) is 29.0 Å². The maximum absolute atomic E-state index is 13.9. The Balaban J connectivity index is 1.46. The third-order valence-corrected chi connectivity index (χ3v) is 8.23. The van der Waals surface area contributed by atoms with Gasteiger partial charge in [0.05, 0.1) is 6.61 Å². The maximum atomic E-state index is 13.9. The van der Waals surface area contributed by atoms with E-state index in [-0.39, 0.29) is 35.4 Å². The molecule has 2 atom stereocenters. The molecule has 9 heteroatoms. The molecule has 1 aliphatic carbocycles. The summed E-state index contributed by atoms with van der Waals surface area (Å²) in [6.45, 7) is 6.41. The van der Waals surface area contributed by atoms with Gasteiger partial charge in [0.15, 0.2) is 0 Å². The fourth-order valence-electron chi connectivity index (χ4n) is 5.66. The summed E-state index contributed by atoms with van der Waals surface area (Å²) < 4.78 is 21.0. The van der Waals surface area contributed by atoms with Gasteiger partial charge in [0, 0.05) is 56.7 Å². The molecular weight excluding hydrogens is 487 g/mol. The van der Waals surface area contributed by atoms with E-state index < -0.39 is 6.04 Å². The van der Waals surface area contributed by atoms with Gasteiger partial charge in [0.25, 0.3) is 5.91 Å². The van der Waals surface area contributed by atoms with E-state index in [2.05, 4.69) is 5.32 Å². The topological polar surface area (TPSA) is 83.9 Å². The monoisotopic (exact) mass is 528 g/mol. The number of amides is 3. The van der Waals surface area contributed by atoms with Crippen molar-refractivity contribution in [2.24, 2.45) is 11.8 Å². The van der Waals surface area contributed by atoms with E-state index >= 15 is 0 Å². The Kier molecular flexibility index (Phi) is 9.41. The molecule has 1 saturated carbocycles. The molecule has 0 radical (unpaired) electrons. The molecular formula is C29H41FN4O4. The standard InChI is InChI=1S/C29H41FN4O4/c1-4-20(2)27(35)31-26(21-8-6-5-7-9-21)29(37)33-14-12-32(13-15-33)28(36)25-19-22-18-23(30)10-11-24(22)34(25)16-17-38-3/h10-11,18-21,26H,4-9,12-17H2,1-3H3,(H,31,35)/t20-,26+/m1/s1. The number of nitrogens with one attached hydrogen (secondary N) is 1. The van der Waals surface area contributed by atoms with Crippen LogP contribution < -0.4 is 5.32 Å². The quantitative estimate of drug-likeness (QED) is 0.536. The molecule has 2 aliphatic rings. The highest BCUT2D eigenvalue weighted by Crippen LogP contribution is 2.28. The molecule has 38 heavy (non-hydrogen) atoms. The molecule has 2 aromatic rings. The van der Waals surface area contributed by atoms with Crippen LogP contribution in [0, 0.1) is 17.7 Å². The van der Waals surface area contributed by atoms with Gasteiger partial charge in [-0.05, 0) is 49.4 Å². The number of methoxy groups -OCH3 is 1. The number of halogens is 1. The van der Waals surface area contributed by atoms with Crippen LogP contribution in [0.15, 0.2) is 24.3 Å². The second-order valence-corrected chi connectivity index (χ2v) is 10.7. The molecule has 4 rings (SSSR count). The summed E-state index contributed by atoms with van der Waals surface area (Å²) in [4.78, 5) is 43.5. The summed E-state index contributed by atoms with van der Waals surface area (Å²) in [5, 5.41) is 3.76. The zero-order valence-corrected chi connectivity index (χ0v) is 22.9. The van der Waals surface area contributed by atoms with E-state index in [1.807, 2.05) is 18.4 Å². The maximum Gasteiger partial charge on any atom is 0.270 e. The lowest BCUT2D eigenvalue weighted by atomic mass is 9.83. The van der Waals surface area contributed by atoms with Crippen LogP contribution >= 0.6 is 0 Å². The van der Waals surface area contributed by atoms with Gasteiger partial charge in [0.1, 0.15) is 17.6 Å². The van der Waals surface area contributed by atoms with Crippen molar-refractivity contribution < 1.29 is 23.5 Å². The largest absolute Gasteiger partial charge is 0.383 e. The smallest absolute Gasteiger partial charge is 0.270 e. The van der Waals surface area contributed by atoms with Crippen molar-refractivity contribution in [1.29, 1.82) is 0 Å². The summed E-state index contributed by atoms with van der Waals surface area (Å²) >= 11 is 0. The number of piperazine rings is 1. The number of hydrogen-bond donors (Lipinski definition) is 1. The van der Waals surface area contributed by atoms with Gasteiger partial charge in [-0.3, -0.25) is 14.4 Å². The fourth-order valence-corrected chi connectivity index (χ4v) is 5.66. The van der Waals surface area contributed by atoms with Crippen LogP contribution in [-0.4, -0.2) is 78.0 Å². The zero-order valence-electron chi connectivity index (χ0n) is 22.9. The van der Waals surface area contributed by atoms with Crippen LogP contribution in [0.5, 0.6) is 0 Å². The van der Waals surface area contributed by atoms with Crippen LogP contribution in [0.1, 0.15) is 62.9 Å². The molecule has 1 aliphatic heterocycles. The first kappa shape index (κ1) is 28.1. The second kappa shape index (κ2) is 12.7. The molecule has 1 aromatic heterocycles. The number of aromatic nitrogens is 1. The van der Waals surface area contributed by atoms with Gasteiger partial charge >= 0.3 is 0 Å². The van der Waals surface area contributed by atoms with Gasteiger partial charge in [0.2, 0.25) is 11.8 Å². The van der Waals surface area contributed by atoms with Crippen molar-refractivity contribution in [3.05, 3.63) is 35.8 Å². The first-order chi connectivity index (χ1) is 18.3. The minimum Gasteiger partial charge on any atom is -0.383 e. The van der Waals surface area contributed by atoms with Crippen LogP contribution in [0.2, 0.25) is 0 Å². The first-order valence-electron chi connectivity index (χ1n) is 14.0. The highest BCUT2D eigenvalue weighted by Gasteiger charge is 2.36. The minimum atomic E-state index is -0.509. The molecule has 1 saturated heterocycles. The predicted octanol–water partition coefficient (Wildman–Crippen LogP) is 3.82. The number of carbonyl (C=O) groups is 3. The number of fused-ring (bicyclic) bond motifs is 1. The molecule has 1 N–H and O–H groups in total. The summed E-state index contributed by atoms with van der Waals surface area (Å²) in [5.41, 5.74) is 1.27. The van der Waals surface area contributed by atoms with Crippen molar-refractivity contribution in [1.82, 2.24) is 19.7 Å². The number of hydrogen-bond acceptors (Lipinski definition) is 4. The Hall–Kier alpha value is -2.94. The number of carbonyl (C=O) groups excluding carboxylic acids is 3. The highest BCUT2D eigenvalue weighted by atomic mass is 19.1. The lowest BCUT2D eigenvalue weighted by Crippen LogP contribution is -2.58. The molecule has 0 bridgehead atoms. The average molecular weight is 529 g/mol. The Morgan fingerprint density at radius 1 is 1.05 bits per heavy atom. The van der Waals surface area contributed by atoms with Gasteiger partial charge in [-0.2, -0.15) is 0 Å². The summed E-state index contributed by atoms with van der Waals surface area (Å²) in [6, 6.07) is 5.74. The molecule has 3 amide bonds. The predicted molar refractivity (Wildman–Crippen MR) is 144 cm³/mol. The van der Waals surface area contributed by atoms with Gasteiger partial charge in [-0.25, -0.2) is 4.39 Å². The Morgan fingerprint density at radius 2 is 1.74 bits per heavy atom. The van der Waals surface area contributed by atoms with Crippen molar-refractivity contribution in [2.75, 3.05) is 39.9 Å². The number of rotatable bonds is 9. The average Bonchev–Trinajstić information content (AvgIpc) is 3.31. The normalized spacial score (nSPS) is 18.4. The summed E-state index contributed by atoms with van der Waals surface area (Å²) in [6.07, 6.45) is 5.95. The third-order valence-electron chi connectivity index (χ3n) is 8.23. The lowest BCUT2D eigenvalue weighted by Gasteiger charge is -2.39. The Morgan fingerprint density at radius 3 is 2.39 bits per heavy atom. The van der Waals surface area contributed by atoms with Crippen LogP contribution in [0.25, 0.3) is 10.9 Å². The molecule has 0 unspecified atom stereocenters.